The first-order chi connectivity index (χ1) is 13.3. The summed E-state index contributed by atoms with van der Waals surface area (Å²) in [6.07, 6.45) is 2.27. The monoisotopic (exact) mass is 369 g/mol. The summed E-state index contributed by atoms with van der Waals surface area (Å²) in [5, 5.41) is 9.88. The minimum Gasteiger partial charge on any atom is -0.395 e. The van der Waals surface area contributed by atoms with Gasteiger partial charge in [-0.25, -0.2) is 0 Å². The van der Waals surface area contributed by atoms with E-state index in [9.17, 15) is 5.11 Å². The standard InChI is InChI=1S/C23H31NO3/c1-2-3-14-24-21(15-25)23(27-17-20-12-8-5-9-13-20)22(24)18-26-16-19-10-6-4-7-11-19/h4-13,21-23,25H,2-3,14-18H2,1H3/t21-,22+,23-/m0/s1. The van der Waals surface area contributed by atoms with Crippen molar-refractivity contribution in [3.05, 3.63) is 71.8 Å². The Morgan fingerprint density at radius 1 is 0.889 bits per heavy atom. The largest absolute Gasteiger partial charge is 0.395 e. The van der Waals surface area contributed by atoms with Crippen LogP contribution in [0.5, 0.6) is 0 Å². The number of ether oxygens (including phenoxy) is 2. The molecule has 146 valence electrons. The molecule has 0 bridgehead atoms. The Balaban J connectivity index is 1.57. The first-order valence-corrected chi connectivity index (χ1v) is 9.97. The zero-order valence-electron chi connectivity index (χ0n) is 16.2. The number of likely N-dealkylation sites (tertiary alicyclic amines) is 1. The molecular weight excluding hydrogens is 338 g/mol. The maximum absolute atomic E-state index is 9.88. The van der Waals surface area contributed by atoms with Gasteiger partial charge in [-0.05, 0) is 24.1 Å². The number of unbranched alkanes of at least 4 members (excludes halogenated alkanes) is 1. The van der Waals surface area contributed by atoms with Gasteiger partial charge in [0.05, 0.1) is 44.6 Å². The Kier molecular flexibility index (Phi) is 7.84. The summed E-state index contributed by atoms with van der Waals surface area (Å²) >= 11 is 0. The Hall–Kier alpha value is -1.72. The van der Waals surface area contributed by atoms with Gasteiger partial charge >= 0.3 is 0 Å². The smallest absolute Gasteiger partial charge is 0.0934 e. The molecule has 1 N–H and O–H groups in total. The molecule has 1 aliphatic rings. The fourth-order valence-corrected chi connectivity index (χ4v) is 3.71. The third-order valence-corrected chi connectivity index (χ3v) is 5.25. The van der Waals surface area contributed by atoms with Gasteiger partial charge in [0, 0.05) is 0 Å². The lowest BCUT2D eigenvalue weighted by molar-refractivity contribution is -0.186. The number of hydrogen-bond donors (Lipinski definition) is 1. The van der Waals surface area contributed by atoms with Crippen LogP contribution >= 0.6 is 0 Å². The topological polar surface area (TPSA) is 41.9 Å². The van der Waals surface area contributed by atoms with E-state index in [0.29, 0.717) is 19.8 Å². The second-order valence-corrected chi connectivity index (χ2v) is 7.17. The molecule has 0 radical (unpaired) electrons. The van der Waals surface area contributed by atoms with Crippen LogP contribution in [0.2, 0.25) is 0 Å². The van der Waals surface area contributed by atoms with Gasteiger partial charge in [0.25, 0.3) is 0 Å². The number of aliphatic hydroxyl groups is 1. The van der Waals surface area contributed by atoms with Crippen LogP contribution in [-0.4, -0.2) is 48.0 Å². The summed E-state index contributed by atoms with van der Waals surface area (Å²) in [6.45, 7) is 5.09. The van der Waals surface area contributed by atoms with Gasteiger partial charge in [-0.3, -0.25) is 4.90 Å². The van der Waals surface area contributed by atoms with Gasteiger partial charge < -0.3 is 14.6 Å². The molecule has 0 amide bonds. The van der Waals surface area contributed by atoms with Crippen molar-refractivity contribution >= 4 is 0 Å². The fraction of sp³-hybridized carbons (Fsp3) is 0.478. The molecule has 27 heavy (non-hydrogen) atoms. The van der Waals surface area contributed by atoms with Crippen LogP contribution in [0, 0.1) is 0 Å². The molecule has 0 saturated carbocycles. The van der Waals surface area contributed by atoms with E-state index in [1.807, 2.05) is 36.4 Å². The minimum atomic E-state index is 0.00263. The fourth-order valence-electron chi connectivity index (χ4n) is 3.71. The third-order valence-electron chi connectivity index (χ3n) is 5.25. The number of aliphatic hydroxyl groups excluding tert-OH is 1. The lowest BCUT2D eigenvalue weighted by Gasteiger charge is -2.54. The molecule has 3 rings (SSSR count). The van der Waals surface area contributed by atoms with Gasteiger partial charge in [0.2, 0.25) is 0 Å². The van der Waals surface area contributed by atoms with Crippen molar-refractivity contribution in [1.29, 1.82) is 0 Å². The number of rotatable bonds is 11. The average molecular weight is 370 g/mol. The van der Waals surface area contributed by atoms with Crippen molar-refractivity contribution in [3.63, 3.8) is 0 Å². The molecule has 0 aliphatic carbocycles. The van der Waals surface area contributed by atoms with E-state index >= 15 is 0 Å². The van der Waals surface area contributed by atoms with E-state index in [-0.39, 0.29) is 24.8 Å². The molecule has 0 unspecified atom stereocenters. The maximum atomic E-state index is 9.88. The van der Waals surface area contributed by atoms with Crippen LogP contribution < -0.4 is 0 Å². The van der Waals surface area contributed by atoms with E-state index in [1.54, 1.807) is 0 Å². The van der Waals surface area contributed by atoms with E-state index in [2.05, 4.69) is 36.1 Å². The molecule has 0 aromatic heterocycles. The lowest BCUT2D eigenvalue weighted by Crippen LogP contribution is -2.71. The second kappa shape index (κ2) is 10.6. The van der Waals surface area contributed by atoms with E-state index in [0.717, 1.165) is 24.9 Å². The molecule has 2 aromatic carbocycles. The molecule has 4 heteroatoms. The summed E-state index contributed by atoms with van der Waals surface area (Å²) in [4.78, 5) is 2.35. The average Bonchev–Trinajstić information content (AvgIpc) is 2.71. The highest BCUT2D eigenvalue weighted by Gasteiger charge is 2.48. The third kappa shape index (κ3) is 5.39. The van der Waals surface area contributed by atoms with Crippen LogP contribution in [-0.2, 0) is 22.7 Å². The maximum Gasteiger partial charge on any atom is 0.0934 e. The van der Waals surface area contributed by atoms with Gasteiger partial charge in [0.1, 0.15) is 0 Å². The summed E-state index contributed by atoms with van der Waals surface area (Å²) in [5.41, 5.74) is 2.34. The molecule has 1 heterocycles. The number of hydrogen-bond acceptors (Lipinski definition) is 4. The molecular formula is C23H31NO3. The Bertz CT molecular complexity index is 649. The summed E-state index contributed by atoms with van der Waals surface area (Å²) in [5.74, 6) is 0. The molecule has 3 atom stereocenters. The van der Waals surface area contributed by atoms with Crippen molar-refractivity contribution in [1.82, 2.24) is 4.90 Å². The van der Waals surface area contributed by atoms with Crippen molar-refractivity contribution in [2.24, 2.45) is 0 Å². The van der Waals surface area contributed by atoms with Crippen molar-refractivity contribution in [3.8, 4) is 0 Å². The lowest BCUT2D eigenvalue weighted by atomic mass is 9.89. The first kappa shape index (κ1) is 20.0. The molecule has 2 aromatic rings. The number of benzene rings is 2. The quantitative estimate of drug-likeness (QED) is 0.657. The molecule has 0 spiro atoms. The molecule has 1 aliphatic heterocycles. The van der Waals surface area contributed by atoms with Crippen LogP contribution in [0.4, 0.5) is 0 Å². The van der Waals surface area contributed by atoms with Crippen LogP contribution in [0.25, 0.3) is 0 Å². The van der Waals surface area contributed by atoms with Gasteiger partial charge in [0.15, 0.2) is 0 Å². The summed E-state index contributed by atoms with van der Waals surface area (Å²) < 4.78 is 12.2. The molecule has 1 fully saturated rings. The van der Waals surface area contributed by atoms with Gasteiger partial charge in [-0.2, -0.15) is 0 Å². The zero-order chi connectivity index (χ0) is 18.9. The van der Waals surface area contributed by atoms with E-state index in [4.69, 9.17) is 9.47 Å². The Morgan fingerprint density at radius 3 is 2.11 bits per heavy atom. The summed E-state index contributed by atoms with van der Waals surface area (Å²) in [7, 11) is 0. The Morgan fingerprint density at radius 2 is 1.52 bits per heavy atom. The SMILES string of the molecule is CCCCN1[C@H](COCc2ccccc2)[C@@H](OCc2ccccc2)[C@@H]1CO. The summed E-state index contributed by atoms with van der Waals surface area (Å²) in [6, 6.07) is 20.7. The van der Waals surface area contributed by atoms with Gasteiger partial charge in [-0.1, -0.05) is 74.0 Å². The molecule has 1 saturated heterocycles. The second-order valence-electron chi connectivity index (χ2n) is 7.17. The zero-order valence-corrected chi connectivity index (χ0v) is 16.2. The Labute approximate surface area is 162 Å². The van der Waals surface area contributed by atoms with E-state index < -0.39 is 0 Å². The van der Waals surface area contributed by atoms with Crippen LogP contribution in [0.3, 0.4) is 0 Å². The molecule has 4 nitrogen and oxygen atoms in total. The number of nitrogens with zero attached hydrogens (tertiary/aromatic N) is 1. The minimum absolute atomic E-state index is 0.00263. The van der Waals surface area contributed by atoms with Crippen LogP contribution in [0.1, 0.15) is 30.9 Å². The van der Waals surface area contributed by atoms with Crippen molar-refractivity contribution < 1.29 is 14.6 Å². The highest BCUT2D eigenvalue weighted by molar-refractivity contribution is 5.15. The van der Waals surface area contributed by atoms with Crippen molar-refractivity contribution in [2.75, 3.05) is 19.8 Å². The normalized spacial score (nSPS) is 22.5. The van der Waals surface area contributed by atoms with Crippen molar-refractivity contribution in [2.45, 2.75) is 51.2 Å². The highest BCUT2D eigenvalue weighted by Crippen LogP contribution is 2.30. The van der Waals surface area contributed by atoms with E-state index in [1.165, 1.54) is 5.56 Å². The van der Waals surface area contributed by atoms with Crippen LogP contribution in [0.15, 0.2) is 60.7 Å². The first-order valence-electron chi connectivity index (χ1n) is 9.97. The predicted octanol–water partition coefficient (Wildman–Crippen LogP) is 3.63. The van der Waals surface area contributed by atoms with Gasteiger partial charge in [-0.15, -0.1) is 0 Å². The highest BCUT2D eigenvalue weighted by atomic mass is 16.5. The predicted molar refractivity (Wildman–Crippen MR) is 107 cm³/mol.